The number of halogens is 3. The fourth-order valence-corrected chi connectivity index (χ4v) is 1.46. The summed E-state index contributed by atoms with van der Waals surface area (Å²) in [5, 5.41) is 6.48. The fourth-order valence-electron chi connectivity index (χ4n) is 1.46. The number of nitrogens with one attached hydrogen (secondary N) is 1. The third-order valence-electron chi connectivity index (χ3n) is 2.07. The van der Waals surface area contributed by atoms with Crippen LogP contribution in [0.5, 0.6) is 0 Å². The van der Waals surface area contributed by atoms with Crippen molar-refractivity contribution in [1.29, 1.82) is 0 Å². The van der Waals surface area contributed by atoms with E-state index in [2.05, 4.69) is 10.4 Å². The highest BCUT2D eigenvalue weighted by Crippen LogP contribution is 2.36. The van der Waals surface area contributed by atoms with Crippen LogP contribution in [0, 0.1) is 0 Å². The monoisotopic (exact) mass is 191 g/mol. The molecule has 1 aromatic heterocycles. The van der Waals surface area contributed by atoms with E-state index in [0.717, 1.165) is 4.68 Å². The Balaban J connectivity index is 2.35. The second kappa shape index (κ2) is 2.65. The Labute approximate surface area is 72.5 Å². The zero-order valence-corrected chi connectivity index (χ0v) is 6.67. The molecule has 1 aliphatic heterocycles. The van der Waals surface area contributed by atoms with Gasteiger partial charge >= 0.3 is 6.18 Å². The van der Waals surface area contributed by atoms with Crippen LogP contribution in [0.4, 0.5) is 19.0 Å². The largest absolute Gasteiger partial charge is 0.410 e. The molecule has 0 saturated heterocycles. The van der Waals surface area contributed by atoms with Crippen LogP contribution < -0.4 is 5.32 Å². The van der Waals surface area contributed by atoms with Crippen LogP contribution in [0.25, 0.3) is 0 Å². The maximum absolute atomic E-state index is 12.4. The Morgan fingerprint density at radius 2 is 2.31 bits per heavy atom. The number of rotatable bonds is 0. The summed E-state index contributed by atoms with van der Waals surface area (Å²) in [4.78, 5) is 0. The van der Waals surface area contributed by atoms with Crippen LogP contribution in [-0.2, 0) is 0 Å². The van der Waals surface area contributed by atoms with E-state index >= 15 is 0 Å². The van der Waals surface area contributed by atoms with Gasteiger partial charge in [-0.2, -0.15) is 18.3 Å². The van der Waals surface area contributed by atoms with Crippen molar-refractivity contribution in [1.82, 2.24) is 9.78 Å². The molecule has 6 heteroatoms. The van der Waals surface area contributed by atoms with Gasteiger partial charge in [-0.05, 0) is 6.42 Å². The first kappa shape index (κ1) is 8.40. The first-order valence-electron chi connectivity index (χ1n) is 3.93. The van der Waals surface area contributed by atoms with E-state index in [0.29, 0.717) is 12.4 Å². The second-order valence-electron chi connectivity index (χ2n) is 2.93. The molecule has 2 heterocycles. The van der Waals surface area contributed by atoms with Crippen LogP contribution >= 0.6 is 0 Å². The third kappa shape index (κ3) is 1.36. The molecule has 1 atom stereocenters. The molecule has 0 bridgehead atoms. The van der Waals surface area contributed by atoms with E-state index in [9.17, 15) is 13.2 Å². The average molecular weight is 191 g/mol. The van der Waals surface area contributed by atoms with E-state index < -0.39 is 12.2 Å². The van der Waals surface area contributed by atoms with Gasteiger partial charge in [-0.3, -0.25) is 0 Å². The van der Waals surface area contributed by atoms with E-state index in [4.69, 9.17) is 0 Å². The van der Waals surface area contributed by atoms with Crippen LogP contribution in [0.1, 0.15) is 12.5 Å². The molecule has 0 saturated carbocycles. The van der Waals surface area contributed by atoms with Gasteiger partial charge in [0, 0.05) is 12.6 Å². The molecule has 0 aliphatic carbocycles. The minimum Gasteiger partial charge on any atom is -0.370 e. The van der Waals surface area contributed by atoms with E-state index in [-0.39, 0.29) is 6.42 Å². The minimum atomic E-state index is -4.21. The minimum absolute atomic E-state index is 0.0399. The summed E-state index contributed by atoms with van der Waals surface area (Å²) in [6.45, 7) is 0.343. The van der Waals surface area contributed by atoms with Gasteiger partial charge in [0.15, 0.2) is 6.04 Å². The van der Waals surface area contributed by atoms with Gasteiger partial charge in [-0.15, -0.1) is 0 Å². The average Bonchev–Trinajstić information content (AvgIpc) is 2.48. The number of alkyl halides is 3. The Morgan fingerprint density at radius 1 is 1.54 bits per heavy atom. The molecule has 0 radical (unpaired) electrons. The number of nitrogens with zero attached hydrogens (tertiary/aromatic N) is 2. The Bertz CT molecular complexity index is 304. The van der Waals surface area contributed by atoms with E-state index in [1.807, 2.05) is 0 Å². The van der Waals surface area contributed by atoms with Crippen LogP contribution in [-0.4, -0.2) is 22.5 Å². The van der Waals surface area contributed by atoms with Crippen LogP contribution in [0.15, 0.2) is 12.3 Å². The van der Waals surface area contributed by atoms with Gasteiger partial charge in [-0.25, -0.2) is 4.68 Å². The lowest BCUT2D eigenvalue weighted by Crippen LogP contribution is -2.33. The standard InChI is InChI=1S/C7H8F3N3/c8-7(9,10)5-1-3-11-6-2-4-12-13(5)6/h2,4-5,11H,1,3H2/t5-/m0/s1. The number of hydrogen-bond acceptors (Lipinski definition) is 2. The zero-order valence-electron chi connectivity index (χ0n) is 6.67. The number of hydrogen-bond donors (Lipinski definition) is 1. The van der Waals surface area contributed by atoms with Crippen molar-refractivity contribution in [3.05, 3.63) is 12.3 Å². The summed E-state index contributed by atoms with van der Waals surface area (Å²) >= 11 is 0. The highest BCUT2D eigenvalue weighted by atomic mass is 19.4. The third-order valence-corrected chi connectivity index (χ3v) is 2.07. The molecular formula is C7H8F3N3. The predicted octanol–water partition coefficient (Wildman–Crippen LogP) is 1.80. The molecule has 3 nitrogen and oxygen atoms in total. The fraction of sp³-hybridized carbons (Fsp3) is 0.571. The normalized spacial score (nSPS) is 22.2. The van der Waals surface area contributed by atoms with Crippen molar-refractivity contribution in [2.24, 2.45) is 0 Å². The summed E-state index contributed by atoms with van der Waals surface area (Å²) in [6, 6.07) is 0.0662. The molecule has 0 amide bonds. The van der Waals surface area contributed by atoms with E-state index in [1.54, 1.807) is 0 Å². The summed E-state index contributed by atoms with van der Waals surface area (Å²) in [5.74, 6) is 0.438. The molecular weight excluding hydrogens is 183 g/mol. The summed E-state index contributed by atoms with van der Waals surface area (Å²) < 4.78 is 38.2. The second-order valence-corrected chi connectivity index (χ2v) is 2.93. The van der Waals surface area contributed by atoms with Crippen molar-refractivity contribution < 1.29 is 13.2 Å². The van der Waals surface area contributed by atoms with E-state index in [1.165, 1.54) is 12.3 Å². The molecule has 72 valence electrons. The van der Waals surface area contributed by atoms with Crippen LogP contribution in [0.3, 0.4) is 0 Å². The lowest BCUT2D eigenvalue weighted by Gasteiger charge is -2.27. The van der Waals surface area contributed by atoms with Gasteiger partial charge in [0.05, 0.1) is 6.20 Å². The topological polar surface area (TPSA) is 29.9 Å². The predicted molar refractivity (Wildman–Crippen MR) is 40.4 cm³/mol. The molecule has 1 aliphatic rings. The summed E-state index contributed by atoms with van der Waals surface area (Å²) in [5.41, 5.74) is 0. The lowest BCUT2D eigenvalue weighted by molar-refractivity contribution is -0.171. The molecule has 0 fully saturated rings. The number of anilines is 1. The van der Waals surface area contributed by atoms with Gasteiger partial charge in [0.2, 0.25) is 0 Å². The Kier molecular flexibility index (Phi) is 1.71. The van der Waals surface area contributed by atoms with Gasteiger partial charge in [0.25, 0.3) is 0 Å². The smallest absolute Gasteiger partial charge is 0.370 e. The highest BCUT2D eigenvalue weighted by Gasteiger charge is 2.43. The highest BCUT2D eigenvalue weighted by molar-refractivity contribution is 5.36. The number of fused-ring (bicyclic) bond motifs is 1. The first-order valence-corrected chi connectivity index (χ1v) is 3.93. The van der Waals surface area contributed by atoms with Crippen molar-refractivity contribution >= 4 is 5.82 Å². The van der Waals surface area contributed by atoms with Gasteiger partial charge < -0.3 is 5.32 Å². The zero-order chi connectivity index (χ0) is 9.47. The lowest BCUT2D eigenvalue weighted by atomic mass is 10.1. The Hall–Kier alpha value is -1.20. The van der Waals surface area contributed by atoms with Gasteiger partial charge in [-0.1, -0.05) is 0 Å². The molecule has 13 heavy (non-hydrogen) atoms. The van der Waals surface area contributed by atoms with Crippen molar-refractivity contribution in [2.45, 2.75) is 18.6 Å². The SMILES string of the molecule is FC(F)(F)[C@@H]1CCNc2ccnn21. The molecule has 0 unspecified atom stereocenters. The molecule has 1 aromatic rings. The van der Waals surface area contributed by atoms with Crippen molar-refractivity contribution in [2.75, 3.05) is 11.9 Å². The summed E-state index contributed by atoms with van der Waals surface area (Å²) in [6.07, 6.45) is -2.80. The van der Waals surface area contributed by atoms with Crippen molar-refractivity contribution in [3.63, 3.8) is 0 Å². The maximum Gasteiger partial charge on any atom is 0.410 e. The van der Waals surface area contributed by atoms with Crippen LogP contribution in [0.2, 0.25) is 0 Å². The Morgan fingerprint density at radius 3 is 3.00 bits per heavy atom. The van der Waals surface area contributed by atoms with Crippen molar-refractivity contribution in [3.8, 4) is 0 Å². The molecule has 2 rings (SSSR count). The number of aromatic nitrogens is 2. The summed E-state index contributed by atoms with van der Waals surface area (Å²) in [7, 11) is 0. The van der Waals surface area contributed by atoms with Gasteiger partial charge in [0.1, 0.15) is 5.82 Å². The molecule has 1 N–H and O–H groups in total. The molecule has 0 aromatic carbocycles. The quantitative estimate of drug-likeness (QED) is 0.677. The molecule has 0 spiro atoms. The maximum atomic E-state index is 12.4. The first-order chi connectivity index (χ1) is 6.09.